The van der Waals surface area contributed by atoms with Crippen LogP contribution in [-0.4, -0.2) is 35.4 Å². The first-order chi connectivity index (χ1) is 15.8. The number of amides is 1. The molecule has 8 heteroatoms. The molecule has 1 atom stereocenters. The van der Waals surface area contributed by atoms with E-state index in [9.17, 15) is 14.7 Å². The van der Waals surface area contributed by atoms with Gasteiger partial charge in [0.25, 0.3) is 11.7 Å². The van der Waals surface area contributed by atoms with Crippen LogP contribution in [0, 0.1) is 6.92 Å². The van der Waals surface area contributed by atoms with E-state index in [0.29, 0.717) is 33.8 Å². The number of benzene rings is 2. The van der Waals surface area contributed by atoms with Gasteiger partial charge in [0.15, 0.2) is 0 Å². The molecule has 1 aromatic heterocycles. The number of rotatable bonds is 6. The molecule has 1 aliphatic rings. The number of aryl methyl sites for hydroxylation is 1. The molecular formula is C25H21BrClNO4S. The number of ether oxygens (including phenoxy) is 1. The fourth-order valence-electron chi connectivity index (χ4n) is 3.92. The molecule has 2 heterocycles. The second-order valence-corrected chi connectivity index (χ2v) is 9.92. The fourth-order valence-corrected chi connectivity index (χ4v) is 5.63. The smallest absolute Gasteiger partial charge is 0.295 e. The topological polar surface area (TPSA) is 66.8 Å². The van der Waals surface area contributed by atoms with Gasteiger partial charge in [-0.2, -0.15) is 0 Å². The summed E-state index contributed by atoms with van der Waals surface area (Å²) >= 11 is 10.9. The maximum absolute atomic E-state index is 13.2. The molecule has 1 amide bonds. The van der Waals surface area contributed by atoms with E-state index in [4.69, 9.17) is 16.3 Å². The summed E-state index contributed by atoms with van der Waals surface area (Å²) in [6, 6.07) is 13.7. The van der Waals surface area contributed by atoms with Crippen LogP contribution in [0.1, 0.15) is 27.6 Å². The van der Waals surface area contributed by atoms with Crippen LogP contribution >= 0.6 is 38.9 Å². The number of carbonyl (C=O) groups is 2. The lowest BCUT2D eigenvalue weighted by Gasteiger charge is -2.25. The molecule has 0 radical (unpaired) electrons. The van der Waals surface area contributed by atoms with E-state index in [0.717, 1.165) is 16.0 Å². The maximum atomic E-state index is 13.2. The van der Waals surface area contributed by atoms with Gasteiger partial charge in [0.05, 0.1) is 23.2 Å². The molecule has 0 bridgehead atoms. The first kappa shape index (κ1) is 23.5. The summed E-state index contributed by atoms with van der Waals surface area (Å²) in [4.78, 5) is 28.7. The zero-order chi connectivity index (χ0) is 23.7. The number of methoxy groups -OCH3 is 1. The van der Waals surface area contributed by atoms with Crippen molar-refractivity contribution < 1.29 is 19.4 Å². The highest BCUT2D eigenvalue weighted by Gasteiger charge is 2.46. The minimum Gasteiger partial charge on any atom is -0.507 e. The number of aliphatic hydroxyl groups is 1. The number of nitrogens with zero attached hydrogens (tertiary/aromatic N) is 1. The second-order valence-electron chi connectivity index (χ2n) is 7.69. The van der Waals surface area contributed by atoms with Crippen molar-refractivity contribution in [2.75, 3.05) is 13.7 Å². The highest BCUT2D eigenvalue weighted by Crippen LogP contribution is 2.43. The van der Waals surface area contributed by atoms with Crippen LogP contribution < -0.4 is 4.74 Å². The number of ketones is 1. The Bertz CT molecular complexity index is 1250. The summed E-state index contributed by atoms with van der Waals surface area (Å²) in [6.45, 7) is 2.27. The number of hydrogen-bond donors (Lipinski definition) is 1. The Balaban J connectivity index is 1.77. The lowest BCUT2D eigenvalue weighted by Crippen LogP contribution is -2.31. The quantitative estimate of drug-likeness (QED) is 0.229. The van der Waals surface area contributed by atoms with Gasteiger partial charge in [0.2, 0.25) is 0 Å². The SMILES string of the molecule is COc1ccc(/C(O)=C2/C(=O)C(=O)N(CCc3ccc(Cl)cc3)C2c2sccc2C)cc1Br. The van der Waals surface area contributed by atoms with Crippen molar-refractivity contribution in [3.8, 4) is 5.75 Å². The van der Waals surface area contributed by atoms with Crippen molar-refractivity contribution in [3.63, 3.8) is 0 Å². The summed E-state index contributed by atoms with van der Waals surface area (Å²) in [5.74, 6) is -0.909. The van der Waals surface area contributed by atoms with E-state index in [1.807, 2.05) is 30.5 Å². The van der Waals surface area contributed by atoms with Crippen molar-refractivity contribution in [1.82, 2.24) is 4.90 Å². The summed E-state index contributed by atoms with van der Waals surface area (Å²) in [7, 11) is 1.55. The van der Waals surface area contributed by atoms with Gasteiger partial charge in [0, 0.05) is 22.0 Å². The monoisotopic (exact) mass is 545 g/mol. The van der Waals surface area contributed by atoms with Gasteiger partial charge in [0.1, 0.15) is 11.5 Å². The Morgan fingerprint density at radius 1 is 1.18 bits per heavy atom. The summed E-state index contributed by atoms with van der Waals surface area (Å²) in [5, 5.41) is 13.8. The zero-order valence-electron chi connectivity index (χ0n) is 18.0. The van der Waals surface area contributed by atoms with Crippen molar-refractivity contribution in [2.45, 2.75) is 19.4 Å². The number of Topliss-reactive ketones (excluding diaryl/α,β-unsaturated/α-hetero) is 1. The Labute approximate surface area is 209 Å². The van der Waals surface area contributed by atoms with Crippen LogP contribution in [0.2, 0.25) is 5.02 Å². The molecule has 1 saturated heterocycles. The summed E-state index contributed by atoms with van der Waals surface area (Å²) < 4.78 is 5.89. The normalized spacial score (nSPS) is 17.6. The standard InChI is InChI=1S/C25H21BrClNO4S/c1-14-10-12-33-24(14)21-20(22(29)16-5-8-19(32-2)18(26)13-16)23(30)25(31)28(21)11-9-15-3-6-17(27)7-4-15/h3-8,10,12-13,21,29H,9,11H2,1-2H3/b22-20-. The van der Waals surface area contributed by atoms with Crippen LogP contribution in [-0.2, 0) is 16.0 Å². The van der Waals surface area contributed by atoms with E-state index < -0.39 is 17.7 Å². The molecule has 1 fully saturated rings. The highest BCUT2D eigenvalue weighted by molar-refractivity contribution is 9.10. The first-order valence-electron chi connectivity index (χ1n) is 10.2. The molecule has 1 unspecified atom stereocenters. The van der Waals surface area contributed by atoms with Gasteiger partial charge in [-0.05, 0) is 82.2 Å². The van der Waals surface area contributed by atoms with Crippen LogP contribution in [0.15, 0.2) is 64.0 Å². The average molecular weight is 547 g/mol. The predicted octanol–water partition coefficient (Wildman–Crippen LogP) is 6.15. The van der Waals surface area contributed by atoms with Crippen LogP contribution in [0.25, 0.3) is 5.76 Å². The third kappa shape index (κ3) is 4.58. The number of halogens is 2. The van der Waals surface area contributed by atoms with E-state index in [1.165, 1.54) is 11.3 Å². The molecule has 1 N–H and O–H groups in total. The molecule has 0 aliphatic carbocycles. The number of thiophene rings is 1. The number of likely N-dealkylation sites (tertiary alicyclic amines) is 1. The largest absolute Gasteiger partial charge is 0.507 e. The molecule has 2 aromatic carbocycles. The fraction of sp³-hybridized carbons (Fsp3) is 0.200. The second kappa shape index (κ2) is 9.71. The number of aliphatic hydroxyl groups excluding tert-OH is 1. The van der Waals surface area contributed by atoms with Crippen molar-refractivity contribution in [3.05, 3.63) is 90.5 Å². The van der Waals surface area contributed by atoms with Crippen molar-refractivity contribution in [2.24, 2.45) is 0 Å². The number of carbonyl (C=O) groups excluding carboxylic acids is 2. The molecule has 170 valence electrons. The lowest BCUT2D eigenvalue weighted by atomic mass is 9.98. The first-order valence-corrected chi connectivity index (χ1v) is 12.3. The Morgan fingerprint density at radius 2 is 1.91 bits per heavy atom. The zero-order valence-corrected chi connectivity index (χ0v) is 21.1. The van der Waals surface area contributed by atoms with E-state index in [2.05, 4.69) is 15.9 Å². The van der Waals surface area contributed by atoms with E-state index in [1.54, 1.807) is 42.3 Å². The molecule has 0 spiro atoms. The number of hydrogen-bond acceptors (Lipinski definition) is 5. The van der Waals surface area contributed by atoms with Gasteiger partial charge < -0.3 is 14.7 Å². The molecule has 4 rings (SSSR count). The van der Waals surface area contributed by atoms with Crippen LogP contribution in [0.4, 0.5) is 0 Å². The van der Waals surface area contributed by atoms with Gasteiger partial charge in [-0.1, -0.05) is 23.7 Å². The van der Waals surface area contributed by atoms with Gasteiger partial charge in [-0.25, -0.2) is 0 Å². The third-order valence-corrected chi connectivity index (χ3v) is 7.61. The van der Waals surface area contributed by atoms with Crippen LogP contribution in [0.5, 0.6) is 5.75 Å². The molecule has 1 aliphatic heterocycles. The van der Waals surface area contributed by atoms with Crippen molar-refractivity contribution >= 4 is 56.3 Å². The lowest BCUT2D eigenvalue weighted by molar-refractivity contribution is -0.139. The predicted molar refractivity (Wildman–Crippen MR) is 134 cm³/mol. The molecule has 5 nitrogen and oxygen atoms in total. The summed E-state index contributed by atoms with van der Waals surface area (Å²) in [6.07, 6.45) is 0.555. The minimum absolute atomic E-state index is 0.0960. The van der Waals surface area contributed by atoms with Gasteiger partial charge >= 0.3 is 0 Å². The van der Waals surface area contributed by atoms with Crippen LogP contribution in [0.3, 0.4) is 0 Å². The maximum Gasteiger partial charge on any atom is 0.295 e. The van der Waals surface area contributed by atoms with E-state index >= 15 is 0 Å². The van der Waals surface area contributed by atoms with Crippen molar-refractivity contribution in [1.29, 1.82) is 0 Å². The molecule has 0 saturated carbocycles. The minimum atomic E-state index is -0.687. The molecule has 33 heavy (non-hydrogen) atoms. The third-order valence-electron chi connectivity index (χ3n) is 5.67. The Kier molecular flexibility index (Phi) is 6.93. The molecule has 3 aromatic rings. The Hall–Kier alpha value is -2.61. The Morgan fingerprint density at radius 3 is 2.52 bits per heavy atom. The van der Waals surface area contributed by atoms with Gasteiger partial charge in [-0.3, -0.25) is 9.59 Å². The average Bonchev–Trinajstić information content (AvgIpc) is 3.33. The van der Waals surface area contributed by atoms with Gasteiger partial charge in [-0.15, -0.1) is 11.3 Å². The van der Waals surface area contributed by atoms with E-state index in [-0.39, 0.29) is 11.3 Å². The highest BCUT2D eigenvalue weighted by atomic mass is 79.9. The molecular weight excluding hydrogens is 526 g/mol. The summed E-state index contributed by atoms with van der Waals surface area (Å²) in [5.41, 5.74) is 2.49.